The van der Waals surface area contributed by atoms with Crippen molar-refractivity contribution in [1.82, 2.24) is 14.9 Å². The molecule has 1 amide bonds. The van der Waals surface area contributed by atoms with Crippen LogP contribution in [0.25, 0.3) is 0 Å². The van der Waals surface area contributed by atoms with E-state index in [9.17, 15) is 23.5 Å². The van der Waals surface area contributed by atoms with E-state index < -0.39 is 29.2 Å². The van der Waals surface area contributed by atoms with E-state index in [1.807, 2.05) is 24.3 Å². The number of nitrogens with one attached hydrogen (secondary N) is 1. The second-order valence-electron chi connectivity index (χ2n) is 8.48. The average molecular weight is 472 g/mol. The Labute approximate surface area is 192 Å². The van der Waals surface area contributed by atoms with Crippen molar-refractivity contribution in [3.8, 4) is 0 Å². The average Bonchev–Trinajstić information content (AvgIpc) is 3.62. The number of aromatic amines is 1. The molecule has 2 N–H and O–H groups in total. The molecular formula is C24H20ClF2N3O3. The van der Waals surface area contributed by atoms with Crippen LogP contribution in [0.5, 0.6) is 0 Å². The minimum absolute atomic E-state index is 0.0707. The van der Waals surface area contributed by atoms with Crippen molar-refractivity contribution in [3.05, 3.63) is 97.7 Å². The van der Waals surface area contributed by atoms with Gasteiger partial charge < -0.3 is 15.0 Å². The third kappa shape index (κ3) is 3.73. The number of hydrogen-bond acceptors (Lipinski definition) is 4. The molecule has 9 heteroatoms. The monoisotopic (exact) mass is 471 g/mol. The summed E-state index contributed by atoms with van der Waals surface area (Å²) in [5.74, 6) is -2.62. The number of aliphatic hydroxyl groups excluding tert-OH is 1. The summed E-state index contributed by atoms with van der Waals surface area (Å²) >= 11 is 6.00. The molecule has 0 radical (unpaired) electrons. The molecule has 6 nitrogen and oxygen atoms in total. The number of carbonyl (C=O) groups is 1. The van der Waals surface area contributed by atoms with Gasteiger partial charge in [0.15, 0.2) is 17.7 Å². The summed E-state index contributed by atoms with van der Waals surface area (Å²) in [5, 5.41) is 11.0. The number of fused-ring (bicyclic) bond motifs is 1. The van der Waals surface area contributed by atoms with Gasteiger partial charge in [0.2, 0.25) is 0 Å². The summed E-state index contributed by atoms with van der Waals surface area (Å²) in [5.41, 5.74) is 0.826. The van der Waals surface area contributed by atoms with Crippen LogP contribution in [0.2, 0.25) is 5.02 Å². The Balaban J connectivity index is 1.40. The van der Waals surface area contributed by atoms with E-state index in [0.29, 0.717) is 28.5 Å². The molecule has 3 aromatic rings. The second kappa shape index (κ2) is 8.04. The summed E-state index contributed by atoms with van der Waals surface area (Å²) in [6, 6.07) is 10.8. The first-order chi connectivity index (χ1) is 15.8. The molecule has 0 saturated heterocycles. The van der Waals surface area contributed by atoms with Gasteiger partial charge in [-0.05, 0) is 36.6 Å². The molecule has 1 aromatic heterocycles. The van der Waals surface area contributed by atoms with Crippen LogP contribution in [-0.2, 0) is 23.2 Å². The van der Waals surface area contributed by atoms with Crippen molar-refractivity contribution in [2.24, 2.45) is 0 Å². The van der Waals surface area contributed by atoms with Crippen LogP contribution in [-0.4, -0.2) is 32.4 Å². The molecule has 170 valence electrons. The van der Waals surface area contributed by atoms with Crippen LogP contribution in [0, 0.1) is 11.6 Å². The third-order valence-electron chi connectivity index (χ3n) is 6.49. The summed E-state index contributed by atoms with van der Waals surface area (Å²) < 4.78 is 27.5. The van der Waals surface area contributed by atoms with E-state index in [2.05, 4.69) is 4.98 Å². The molecular weight excluding hydrogens is 452 g/mol. The molecule has 1 saturated carbocycles. The zero-order valence-corrected chi connectivity index (χ0v) is 18.2. The van der Waals surface area contributed by atoms with Crippen LogP contribution in [0.4, 0.5) is 8.78 Å². The topological polar surface area (TPSA) is 86.3 Å². The highest BCUT2D eigenvalue weighted by Crippen LogP contribution is 2.52. The van der Waals surface area contributed by atoms with Crippen LogP contribution in [0.15, 0.2) is 47.3 Å². The predicted molar refractivity (Wildman–Crippen MR) is 117 cm³/mol. The van der Waals surface area contributed by atoms with Crippen LogP contribution in [0.3, 0.4) is 0 Å². The van der Waals surface area contributed by atoms with Gasteiger partial charge in [0.05, 0.1) is 23.2 Å². The largest absolute Gasteiger partial charge is 0.378 e. The van der Waals surface area contributed by atoms with Crippen molar-refractivity contribution >= 4 is 17.5 Å². The summed E-state index contributed by atoms with van der Waals surface area (Å²) in [6.07, 6.45) is 0.152. The van der Waals surface area contributed by atoms with Gasteiger partial charge in [0, 0.05) is 23.6 Å². The minimum Gasteiger partial charge on any atom is -0.378 e. The van der Waals surface area contributed by atoms with E-state index in [-0.39, 0.29) is 24.1 Å². The standard InChI is InChI=1S/C24H20ClF2N3O3/c25-14-6-4-13(5-7-14)24(9-10-24)23-28-18-8-11-30(12-16(18)21(32)29-23)22(33)20(31)15-2-1-3-17(26)19(15)27/h1-7,20,31H,8-12H2,(H,28,29,32)/t20-/m0/s1. The Hall–Kier alpha value is -3.10. The van der Waals surface area contributed by atoms with Gasteiger partial charge in [0.25, 0.3) is 11.5 Å². The van der Waals surface area contributed by atoms with E-state index in [4.69, 9.17) is 16.6 Å². The third-order valence-corrected chi connectivity index (χ3v) is 6.74. The van der Waals surface area contributed by atoms with Gasteiger partial charge in [-0.25, -0.2) is 13.8 Å². The first-order valence-electron chi connectivity index (χ1n) is 10.6. The molecule has 2 aliphatic rings. The van der Waals surface area contributed by atoms with Crippen LogP contribution < -0.4 is 5.56 Å². The van der Waals surface area contributed by atoms with Gasteiger partial charge in [0.1, 0.15) is 5.82 Å². The Morgan fingerprint density at radius 1 is 1.18 bits per heavy atom. The first-order valence-corrected chi connectivity index (χ1v) is 11.0. The molecule has 1 aliphatic carbocycles. The predicted octanol–water partition coefficient (Wildman–Crippen LogP) is 3.40. The number of carbonyl (C=O) groups excluding carboxylic acids is 1. The molecule has 1 fully saturated rings. The molecule has 1 aliphatic heterocycles. The Morgan fingerprint density at radius 2 is 1.91 bits per heavy atom. The smallest absolute Gasteiger partial charge is 0.256 e. The minimum atomic E-state index is -1.87. The molecule has 5 rings (SSSR count). The zero-order chi connectivity index (χ0) is 23.3. The molecule has 0 bridgehead atoms. The molecule has 1 atom stereocenters. The lowest BCUT2D eigenvalue weighted by atomic mass is 9.94. The van der Waals surface area contributed by atoms with Crippen molar-refractivity contribution < 1.29 is 18.7 Å². The number of rotatable bonds is 4. The molecule has 33 heavy (non-hydrogen) atoms. The second-order valence-corrected chi connectivity index (χ2v) is 8.92. The van der Waals surface area contributed by atoms with Crippen molar-refractivity contribution in [2.45, 2.75) is 37.3 Å². The number of halogens is 3. The van der Waals surface area contributed by atoms with Crippen LogP contribution in [0.1, 0.15) is 47.2 Å². The fourth-order valence-electron chi connectivity index (χ4n) is 4.43. The van der Waals surface area contributed by atoms with Crippen LogP contribution >= 0.6 is 11.6 Å². The molecule has 0 spiro atoms. The lowest BCUT2D eigenvalue weighted by Gasteiger charge is -2.30. The Morgan fingerprint density at radius 3 is 2.61 bits per heavy atom. The molecule has 2 aromatic carbocycles. The van der Waals surface area contributed by atoms with E-state index in [1.54, 1.807) is 0 Å². The molecule has 2 heterocycles. The van der Waals surface area contributed by atoms with Crippen molar-refractivity contribution in [3.63, 3.8) is 0 Å². The van der Waals surface area contributed by atoms with Crippen molar-refractivity contribution in [1.29, 1.82) is 0 Å². The van der Waals surface area contributed by atoms with E-state index in [0.717, 1.165) is 30.5 Å². The Bertz CT molecular complexity index is 1310. The number of H-pyrrole nitrogens is 1. The number of nitrogens with zero attached hydrogens (tertiary/aromatic N) is 2. The number of hydrogen-bond donors (Lipinski definition) is 2. The number of benzene rings is 2. The lowest BCUT2D eigenvalue weighted by Crippen LogP contribution is -2.42. The van der Waals surface area contributed by atoms with Gasteiger partial charge in [-0.1, -0.05) is 35.9 Å². The zero-order valence-electron chi connectivity index (χ0n) is 17.4. The maximum absolute atomic E-state index is 14.0. The summed E-state index contributed by atoms with van der Waals surface area (Å²) in [7, 11) is 0. The normalized spacial score (nSPS) is 17.4. The summed E-state index contributed by atoms with van der Waals surface area (Å²) in [6.45, 7) is 0.127. The SMILES string of the molecule is O=C([C@@H](O)c1cccc(F)c1F)N1CCc2nc(C3(c4ccc(Cl)cc4)CC3)[nH]c(=O)c2C1. The first kappa shape index (κ1) is 21.7. The quantitative estimate of drug-likeness (QED) is 0.610. The van der Waals surface area contributed by atoms with Gasteiger partial charge >= 0.3 is 0 Å². The Kier molecular flexibility index (Phi) is 5.29. The highest BCUT2D eigenvalue weighted by Gasteiger charge is 2.48. The summed E-state index contributed by atoms with van der Waals surface area (Å²) in [4.78, 5) is 34.6. The number of aliphatic hydroxyl groups is 1. The van der Waals surface area contributed by atoms with E-state index in [1.165, 1.54) is 11.0 Å². The van der Waals surface area contributed by atoms with Gasteiger partial charge in [-0.2, -0.15) is 0 Å². The van der Waals surface area contributed by atoms with Crippen molar-refractivity contribution in [2.75, 3.05) is 6.54 Å². The van der Waals surface area contributed by atoms with E-state index >= 15 is 0 Å². The maximum Gasteiger partial charge on any atom is 0.256 e. The fraction of sp³-hybridized carbons (Fsp3) is 0.292. The lowest BCUT2D eigenvalue weighted by molar-refractivity contribution is -0.141. The maximum atomic E-state index is 14.0. The fourth-order valence-corrected chi connectivity index (χ4v) is 4.56. The number of amides is 1. The highest BCUT2D eigenvalue weighted by molar-refractivity contribution is 6.30. The van der Waals surface area contributed by atoms with Gasteiger partial charge in [-0.15, -0.1) is 0 Å². The highest BCUT2D eigenvalue weighted by atomic mass is 35.5. The molecule has 0 unspecified atom stereocenters. The van der Waals surface area contributed by atoms with Gasteiger partial charge in [-0.3, -0.25) is 9.59 Å². The number of aromatic nitrogens is 2.